The van der Waals surface area contributed by atoms with Gasteiger partial charge in [-0.3, -0.25) is 9.48 Å². The predicted octanol–water partition coefficient (Wildman–Crippen LogP) is 6.82. The van der Waals surface area contributed by atoms with Crippen LogP contribution in [-0.4, -0.2) is 48.7 Å². The number of ether oxygens (including phenoxy) is 1. The Labute approximate surface area is 261 Å². The number of rotatable bonds is 8. The van der Waals surface area contributed by atoms with E-state index in [-0.39, 0.29) is 23.3 Å². The average molecular weight is 635 g/mol. The molecule has 0 spiro atoms. The largest absolute Gasteiger partial charge is 0.490 e. The molecule has 4 aromatic heterocycles. The monoisotopic (exact) mass is 634 g/mol. The topological polar surface area (TPSA) is 99.2 Å². The van der Waals surface area contributed by atoms with Gasteiger partial charge < -0.3 is 15.4 Å². The van der Waals surface area contributed by atoms with Crippen LogP contribution in [0.1, 0.15) is 38.3 Å². The summed E-state index contributed by atoms with van der Waals surface area (Å²) in [5.41, 5.74) is 9.12. The first-order valence-corrected chi connectivity index (χ1v) is 15.9. The Hall–Kier alpha value is -4.00. The van der Waals surface area contributed by atoms with Crippen LogP contribution in [-0.2, 0) is 24.3 Å². The van der Waals surface area contributed by atoms with Gasteiger partial charge in [0.05, 0.1) is 42.3 Å². The van der Waals surface area contributed by atoms with Crippen LogP contribution in [0.5, 0.6) is 5.75 Å². The standard InChI is InChI=1S/C32H32F2N6O2S2/c1-6-25(41)39-9-7-22-24(15-39)44-31(37-22)29-27(26-21(34)11-19(33)12-23(26)42-17(2)3)30-20(8-10-43-30)28(38-29)18-13-36-40(14-18)16-32(4,5)35/h6,8,10-14,17H,1,7,9,15-16,35H2,2-5H3. The molecule has 0 unspecified atom stereocenters. The molecule has 1 amide bonds. The third-order valence-corrected chi connectivity index (χ3v) is 9.16. The van der Waals surface area contributed by atoms with Gasteiger partial charge >= 0.3 is 0 Å². The summed E-state index contributed by atoms with van der Waals surface area (Å²) < 4.78 is 39.0. The number of nitrogens with two attached hydrogens (primary N) is 1. The van der Waals surface area contributed by atoms with Crippen LogP contribution in [0.25, 0.3) is 43.2 Å². The molecule has 0 fully saturated rings. The van der Waals surface area contributed by atoms with Crippen LogP contribution in [0.3, 0.4) is 0 Å². The second kappa shape index (κ2) is 11.5. The minimum absolute atomic E-state index is 0.0880. The first-order valence-electron chi connectivity index (χ1n) is 14.2. The number of thiazole rings is 1. The Morgan fingerprint density at radius 3 is 2.75 bits per heavy atom. The minimum atomic E-state index is -0.756. The first kappa shape index (κ1) is 30.0. The Morgan fingerprint density at radius 2 is 2.02 bits per heavy atom. The van der Waals surface area contributed by atoms with E-state index in [4.69, 9.17) is 20.4 Å². The maximum Gasteiger partial charge on any atom is 0.246 e. The van der Waals surface area contributed by atoms with Crippen molar-refractivity contribution in [1.82, 2.24) is 24.6 Å². The predicted molar refractivity (Wildman–Crippen MR) is 171 cm³/mol. The van der Waals surface area contributed by atoms with Crippen molar-refractivity contribution in [2.24, 2.45) is 5.73 Å². The van der Waals surface area contributed by atoms with E-state index in [1.165, 1.54) is 34.8 Å². The summed E-state index contributed by atoms with van der Waals surface area (Å²) in [6.07, 6.45) is 5.19. The molecule has 1 aliphatic rings. The van der Waals surface area contributed by atoms with E-state index >= 15 is 4.39 Å². The number of benzene rings is 1. The third kappa shape index (κ3) is 5.76. The number of pyridine rings is 1. The van der Waals surface area contributed by atoms with E-state index in [0.29, 0.717) is 48.0 Å². The van der Waals surface area contributed by atoms with Crippen molar-refractivity contribution in [3.63, 3.8) is 0 Å². The highest BCUT2D eigenvalue weighted by Crippen LogP contribution is 2.48. The number of hydrogen-bond acceptors (Lipinski definition) is 8. The Morgan fingerprint density at radius 1 is 1.23 bits per heavy atom. The molecule has 0 radical (unpaired) electrons. The number of amides is 1. The van der Waals surface area contributed by atoms with Crippen molar-refractivity contribution in [2.75, 3.05) is 6.54 Å². The highest BCUT2D eigenvalue weighted by molar-refractivity contribution is 7.18. The van der Waals surface area contributed by atoms with Crippen molar-refractivity contribution in [3.05, 3.63) is 70.8 Å². The molecule has 1 aromatic carbocycles. The Kier molecular flexibility index (Phi) is 7.85. The second-order valence-electron chi connectivity index (χ2n) is 11.8. The van der Waals surface area contributed by atoms with Gasteiger partial charge in [-0.25, -0.2) is 18.7 Å². The number of nitrogens with zero attached hydrogens (tertiary/aromatic N) is 5. The summed E-state index contributed by atoms with van der Waals surface area (Å²) in [6, 6.07) is 4.01. The lowest BCUT2D eigenvalue weighted by molar-refractivity contribution is -0.126. The molecule has 5 aromatic rings. The summed E-state index contributed by atoms with van der Waals surface area (Å²) in [4.78, 5) is 25.1. The number of hydrogen-bond donors (Lipinski definition) is 1. The molecular formula is C32H32F2N6O2S2. The fourth-order valence-corrected chi connectivity index (χ4v) is 7.44. The van der Waals surface area contributed by atoms with Gasteiger partial charge in [0.2, 0.25) is 5.91 Å². The maximum absolute atomic E-state index is 15.9. The van der Waals surface area contributed by atoms with Gasteiger partial charge in [-0.2, -0.15) is 5.10 Å². The van der Waals surface area contributed by atoms with E-state index in [2.05, 4.69) is 11.7 Å². The third-order valence-electron chi connectivity index (χ3n) is 7.14. The Bertz CT molecular complexity index is 1900. The summed E-state index contributed by atoms with van der Waals surface area (Å²) in [5, 5.41) is 7.82. The zero-order chi connectivity index (χ0) is 31.3. The van der Waals surface area contributed by atoms with Crippen molar-refractivity contribution in [3.8, 4) is 38.8 Å². The van der Waals surface area contributed by atoms with E-state index in [1.807, 2.05) is 31.5 Å². The molecule has 5 heterocycles. The molecule has 6 rings (SSSR count). The number of halogens is 2. The molecule has 8 nitrogen and oxygen atoms in total. The zero-order valence-corrected chi connectivity index (χ0v) is 26.5. The van der Waals surface area contributed by atoms with Crippen molar-refractivity contribution < 1.29 is 18.3 Å². The lowest BCUT2D eigenvalue weighted by Gasteiger charge is -2.24. The van der Waals surface area contributed by atoms with Gasteiger partial charge in [0, 0.05) is 62.9 Å². The van der Waals surface area contributed by atoms with Crippen LogP contribution < -0.4 is 10.5 Å². The Balaban J connectivity index is 1.61. The van der Waals surface area contributed by atoms with Gasteiger partial charge in [0.15, 0.2) is 0 Å². The van der Waals surface area contributed by atoms with E-state index in [0.717, 1.165) is 32.3 Å². The molecule has 44 heavy (non-hydrogen) atoms. The lowest BCUT2D eigenvalue weighted by Crippen LogP contribution is -2.37. The van der Waals surface area contributed by atoms with Crippen molar-refractivity contribution in [1.29, 1.82) is 0 Å². The fraction of sp³-hybridized carbons (Fsp3) is 0.312. The molecule has 0 aliphatic carbocycles. The summed E-state index contributed by atoms with van der Waals surface area (Å²) in [5.74, 6) is -1.55. The molecule has 12 heteroatoms. The van der Waals surface area contributed by atoms with Crippen LogP contribution >= 0.6 is 22.7 Å². The molecule has 0 atom stereocenters. The quantitative estimate of drug-likeness (QED) is 0.188. The van der Waals surface area contributed by atoms with Crippen LogP contribution in [0.4, 0.5) is 8.78 Å². The number of aromatic nitrogens is 4. The van der Waals surface area contributed by atoms with Crippen LogP contribution in [0, 0.1) is 11.6 Å². The van der Waals surface area contributed by atoms with Gasteiger partial charge in [-0.1, -0.05) is 6.58 Å². The highest BCUT2D eigenvalue weighted by Gasteiger charge is 2.30. The van der Waals surface area contributed by atoms with Gasteiger partial charge in [0.1, 0.15) is 28.1 Å². The average Bonchev–Trinajstić information content (AvgIpc) is 3.70. The van der Waals surface area contributed by atoms with Crippen molar-refractivity contribution >= 4 is 38.7 Å². The zero-order valence-electron chi connectivity index (χ0n) is 24.9. The SMILES string of the molecule is C=CC(=O)N1CCc2nc(-c3nc(-c4cnn(CC(C)(C)N)c4)c4ccsc4c3-c3c(F)cc(F)cc3OC(C)C)sc2C1. The normalized spacial score (nSPS) is 13.5. The summed E-state index contributed by atoms with van der Waals surface area (Å²) in [7, 11) is 0. The number of fused-ring (bicyclic) bond motifs is 2. The lowest BCUT2D eigenvalue weighted by atomic mass is 9.98. The van der Waals surface area contributed by atoms with Gasteiger partial charge in [-0.15, -0.1) is 22.7 Å². The molecule has 0 saturated carbocycles. The minimum Gasteiger partial charge on any atom is -0.490 e. The smallest absolute Gasteiger partial charge is 0.246 e. The molecular weight excluding hydrogens is 603 g/mol. The second-order valence-corrected chi connectivity index (χ2v) is 13.8. The molecule has 0 saturated heterocycles. The maximum atomic E-state index is 15.9. The van der Waals surface area contributed by atoms with Gasteiger partial charge in [-0.05, 0) is 45.2 Å². The summed E-state index contributed by atoms with van der Waals surface area (Å²) in [6.45, 7) is 12.5. The molecule has 1 aliphatic heterocycles. The van der Waals surface area contributed by atoms with Gasteiger partial charge in [0.25, 0.3) is 0 Å². The fourth-order valence-electron chi connectivity index (χ4n) is 5.37. The molecule has 2 N–H and O–H groups in total. The van der Waals surface area contributed by atoms with Crippen molar-refractivity contribution in [2.45, 2.75) is 58.8 Å². The number of carbonyl (C=O) groups is 1. The highest BCUT2D eigenvalue weighted by atomic mass is 32.1. The molecule has 228 valence electrons. The number of thiophene rings is 1. The summed E-state index contributed by atoms with van der Waals surface area (Å²) >= 11 is 2.85. The van der Waals surface area contributed by atoms with Crippen LogP contribution in [0.15, 0.2) is 48.6 Å². The van der Waals surface area contributed by atoms with Crippen LogP contribution in [0.2, 0.25) is 0 Å². The van der Waals surface area contributed by atoms with E-state index < -0.39 is 17.2 Å². The molecule has 0 bridgehead atoms. The van der Waals surface area contributed by atoms with E-state index in [1.54, 1.807) is 29.6 Å². The first-order chi connectivity index (χ1) is 20.9. The number of carbonyl (C=O) groups excluding carboxylic acids is 1. The van der Waals surface area contributed by atoms with E-state index in [9.17, 15) is 9.18 Å².